The van der Waals surface area contributed by atoms with Crippen molar-refractivity contribution < 1.29 is 9.53 Å². The molecular formula is C7H13NO2. The fourth-order valence-electron chi connectivity index (χ4n) is 1.51. The first-order chi connectivity index (χ1) is 4.58. The normalized spacial score (nSPS) is 38.5. The molecule has 3 nitrogen and oxygen atoms in total. The molecule has 58 valence electrons. The number of methoxy groups -OCH3 is 1. The van der Waals surface area contributed by atoms with Crippen LogP contribution in [0.3, 0.4) is 0 Å². The van der Waals surface area contributed by atoms with Crippen LogP contribution in [0.2, 0.25) is 0 Å². The summed E-state index contributed by atoms with van der Waals surface area (Å²) in [5.41, 5.74) is 5.26. The first-order valence-corrected chi connectivity index (χ1v) is 3.42. The maximum Gasteiger partial charge on any atom is 0.311 e. The molecule has 3 heteroatoms. The van der Waals surface area contributed by atoms with Crippen LogP contribution in [0.25, 0.3) is 0 Å². The van der Waals surface area contributed by atoms with E-state index in [1.165, 1.54) is 7.11 Å². The summed E-state index contributed by atoms with van der Waals surface area (Å²) in [5, 5.41) is 0. The molecule has 1 fully saturated rings. The second-order valence-electron chi connectivity index (χ2n) is 3.22. The Kier molecular flexibility index (Phi) is 1.68. The van der Waals surface area contributed by atoms with Gasteiger partial charge < -0.3 is 10.5 Å². The van der Waals surface area contributed by atoms with Crippen LogP contribution in [0.15, 0.2) is 0 Å². The highest BCUT2D eigenvalue weighted by atomic mass is 16.5. The minimum Gasteiger partial charge on any atom is -0.469 e. The van der Waals surface area contributed by atoms with Crippen molar-refractivity contribution in [2.24, 2.45) is 11.1 Å². The third-order valence-electron chi connectivity index (χ3n) is 2.10. The van der Waals surface area contributed by atoms with Crippen molar-refractivity contribution in [1.29, 1.82) is 0 Å². The third-order valence-corrected chi connectivity index (χ3v) is 2.10. The molecule has 0 saturated heterocycles. The molecule has 1 aliphatic rings. The van der Waals surface area contributed by atoms with Gasteiger partial charge in [0.15, 0.2) is 0 Å². The number of hydrogen-bond acceptors (Lipinski definition) is 3. The number of esters is 1. The molecule has 10 heavy (non-hydrogen) atoms. The predicted octanol–water partition coefficient (Wildman–Crippen LogP) is 0.287. The highest BCUT2D eigenvalue weighted by Crippen LogP contribution is 2.40. The SMILES string of the molecule is COC(=O)[C@]1(C)C[C@@H](N)C1. The molecule has 0 bridgehead atoms. The zero-order valence-corrected chi connectivity index (χ0v) is 6.39. The van der Waals surface area contributed by atoms with Crippen LogP contribution in [0.1, 0.15) is 19.8 Å². The van der Waals surface area contributed by atoms with Crippen molar-refractivity contribution in [1.82, 2.24) is 0 Å². The molecular weight excluding hydrogens is 130 g/mol. The fraction of sp³-hybridized carbons (Fsp3) is 0.857. The molecule has 0 amide bonds. The van der Waals surface area contributed by atoms with E-state index < -0.39 is 0 Å². The van der Waals surface area contributed by atoms with Crippen LogP contribution in [0.5, 0.6) is 0 Å². The minimum absolute atomic E-state index is 0.130. The Morgan fingerprint density at radius 1 is 1.70 bits per heavy atom. The average Bonchev–Trinajstić information content (AvgIpc) is 1.83. The van der Waals surface area contributed by atoms with E-state index in [4.69, 9.17) is 5.73 Å². The summed E-state index contributed by atoms with van der Waals surface area (Å²) in [6.45, 7) is 1.89. The summed E-state index contributed by atoms with van der Waals surface area (Å²) in [6.07, 6.45) is 1.53. The largest absolute Gasteiger partial charge is 0.469 e. The maximum absolute atomic E-state index is 11.0. The minimum atomic E-state index is -0.284. The number of ether oxygens (including phenoxy) is 1. The lowest BCUT2D eigenvalue weighted by Gasteiger charge is -2.40. The topological polar surface area (TPSA) is 52.3 Å². The van der Waals surface area contributed by atoms with Crippen molar-refractivity contribution in [2.75, 3.05) is 7.11 Å². The van der Waals surface area contributed by atoms with Gasteiger partial charge >= 0.3 is 5.97 Å². The van der Waals surface area contributed by atoms with Gasteiger partial charge in [-0.3, -0.25) is 4.79 Å². The number of hydrogen-bond donors (Lipinski definition) is 1. The van der Waals surface area contributed by atoms with E-state index >= 15 is 0 Å². The average molecular weight is 143 g/mol. The summed E-state index contributed by atoms with van der Waals surface area (Å²) < 4.78 is 4.61. The Hall–Kier alpha value is -0.570. The summed E-state index contributed by atoms with van der Waals surface area (Å²) in [6, 6.07) is 0.198. The monoisotopic (exact) mass is 143 g/mol. The Morgan fingerprint density at radius 2 is 2.20 bits per heavy atom. The molecule has 0 aromatic heterocycles. The molecule has 1 rings (SSSR count). The van der Waals surface area contributed by atoms with Gasteiger partial charge in [-0.25, -0.2) is 0 Å². The zero-order valence-electron chi connectivity index (χ0n) is 6.39. The Balaban J connectivity index is 2.48. The van der Waals surface area contributed by atoms with E-state index in [1.54, 1.807) is 0 Å². The molecule has 0 unspecified atom stereocenters. The summed E-state index contributed by atoms with van der Waals surface area (Å²) in [5.74, 6) is -0.130. The van der Waals surface area contributed by atoms with E-state index in [0.717, 1.165) is 12.8 Å². The second-order valence-corrected chi connectivity index (χ2v) is 3.22. The lowest BCUT2D eigenvalue weighted by molar-refractivity contribution is -0.157. The van der Waals surface area contributed by atoms with Crippen molar-refractivity contribution >= 4 is 5.97 Å². The highest BCUT2D eigenvalue weighted by Gasteiger charge is 2.45. The molecule has 0 spiro atoms. The van der Waals surface area contributed by atoms with Crippen LogP contribution < -0.4 is 5.73 Å². The molecule has 1 aliphatic carbocycles. The number of nitrogens with two attached hydrogens (primary N) is 1. The molecule has 0 aromatic carbocycles. The lowest BCUT2D eigenvalue weighted by Crippen LogP contribution is -2.49. The van der Waals surface area contributed by atoms with Crippen LogP contribution >= 0.6 is 0 Å². The van der Waals surface area contributed by atoms with Crippen molar-refractivity contribution in [3.8, 4) is 0 Å². The van der Waals surface area contributed by atoms with Crippen molar-refractivity contribution in [2.45, 2.75) is 25.8 Å². The van der Waals surface area contributed by atoms with Crippen LogP contribution in [0, 0.1) is 5.41 Å². The molecule has 0 aliphatic heterocycles. The van der Waals surface area contributed by atoms with Gasteiger partial charge in [0, 0.05) is 6.04 Å². The van der Waals surface area contributed by atoms with E-state index in [1.807, 2.05) is 6.92 Å². The third kappa shape index (κ3) is 1.01. The van der Waals surface area contributed by atoms with E-state index in [-0.39, 0.29) is 17.4 Å². The maximum atomic E-state index is 11.0. The van der Waals surface area contributed by atoms with Crippen LogP contribution in [0.4, 0.5) is 0 Å². The fourth-order valence-corrected chi connectivity index (χ4v) is 1.51. The van der Waals surface area contributed by atoms with Gasteiger partial charge in [-0.05, 0) is 19.8 Å². The molecule has 0 aromatic rings. The number of rotatable bonds is 1. The van der Waals surface area contributed by atoms with Crippen molar-refractivity contribution in [3.05, 3.63) is 0 Å². The van der Waals surface area contributed by atoms with E-state index in [9.17, 15) is 4.79 Å². The predicted molar refractivity (Wildman–Crippen MR) is 37.3 cm³/mol. The molecule has 0 radical (unpaired) electrons. The van der Waals surface area contributed by atoms with Crippen LogP contribution in [-0.2, 0) is 9.53 Å². The van der Waals surface area contributed by atoms with Crippen molar-refractivity contribution in [3.63, 3.8) is 0 Å². The first kappa shape index (κ1) is 7.54. The van der Waals surface area contributed by atoms with E-state index in [0.29, 0.717) is 0 Å². The molecule has 2 N–H and O–H groups in total. The van der Waals surface area contributed by atoms with E-state index in [2.05, 4.69) is 4.74 Å². The molecule has 0 heterocycles. The van der Waals surface area contributed by atoms with Gasteiger partial charge in [0.05, 0.1) is 12.5 Å². The summed E-state index contributed by atoms with van der Waals surface area (Å²) in [4.78, 5) is 11.0. The summed E-state index contributed by atoms with van der Waals surface area (Å²) >= 11 is 0. The standard InChI is InChI=1S/C7H13NO2/c1-7(6(9)10-2)3-5(8)4-7/h5H,3-4,8H2,1-2H3/t5-,7-. The highest BCUT2D eigenvalue weighted by molar-refractivity contribution is 5.77. The number of carbonyl (C=O) groups is 1. The smallest absolute Gasteiger partial charge is 0.311 e. The van der Waals surface area contributed by atoms with Gasteiger partial charge in [-0.1, -0.05) is 0 Å². The Labute approximate surface area is 60.5 Å². The van der Waals surface area contributed by atoms with Gasteiger partial charge in [-0.2, -0.15) is 0 Å². The lowest BCUT2D eigenvalue weighted by atomic mass is 9.67. The van der Waals surface area contributed by atoms with Gasteiger partial charge in [0.1, 0.15) is 0 Å². The zero-order chi connectivity index (χ0) is 7.78. The summed E-state index contributed by atoms with van der Waals surface area (Å²) in [7, 11) is 1.41. The first-order valence-electron chi connectivity index (χ1n) is 3.42. The molecule has 1 saturated carbocycles. The van der Waals surface area contributed by atoms with Gasteiger partial charge in [-0.15, -0.1) is 0 Å². The second kappa shape index (κ2) is 2.23. The quantitative estimate of drug-likeness (QED) is 0.537. The number of carbonyl (C=O) groups excluding carboxylic acids is 1. The van der Waals surface area contributed by atoms with Gasteiger partial charge in [0.25, 0.3) is 0 Å². The Morgan fingerprint density at radius 3 is 2.50 bits per heavy atom. The van der Waals surface area contributed by atoms with Gasteiger partial charge in [0.2, 0.25) is 0 Å². The molecule has 0 atom stereocenters. The van der Waals surface area contributed by atoms with Crippen LogP contribution in [-0.4, -0.2) is 19.1 Å². The Bertz CT molecular complexity index is 150.